The maximum atomic E-state index is 12.9. The molecule has 82 valence electrons. The number of nitrogens with one attached hydrogen (secondary N) is 1. The van der Waals surface area contributed by atoms with E-state index in [9.17, 15) is 4.39 Å². The molecule has 0 bridgehead atoms. The van der Waals surface area contributed by atoms with Crippen molar-refractivity contribution in [2.24, 2.45) is 5.92 Å². The van der Waals surface area contributed by atoms with Gasteiger partial charge in [-0.1, -0.05) is 24.9 Å². The monoisotopic (exact) mass is 227 g/mol. The predicted octanol–water partition coefficient (Wildman–Crippen LogP) is 3.37. The Morgan fingerprint density at radius 2 is 2.33 bits per heavy atom. The SMILES string of the molecule is CCC1CC1NCc1cc(F)ccc1Cl. The minimum absolute atomic E-state index is 0.223. The Labute approximate surface area is 94.6 Å². The summed E-state index contributed by atoms with van der Waals surface area (Å²) in [6.07, 6.45) is 2.46. The largest absolute Gasteiger partial charge is 0.310 e. The van der Waals surface area contributed by atoms with Crippen molar-refractivity contribution in [3.05, 3.63) is 34.6 Å². The summed E-state index contributed by atoms with van der Waals surface area (Å²) in [7, 11) is 0. The molecular weight excluding hydrogens is 213 g/mol. The number of hydrogen-bond acceptors (Lipinski definition) is 1. The number of halogens is 2. The quantitative estimate of drug-likeness (QED) is 0.832. The Morgan fingerprint density at radius 3 is 3.00 bits per heavy atom. The average molecular weight is 228 g/mol. The van der Waals surface area contributed by atoms with Crippen molar-refractivity contribution >= 4 is 11.6 Å². The van der Waals surface area contributed by atoms with Gasteiger partial charge in [-0.15, -0.1) is 0 Å². The molecule has 1 nitrogen and oxygen atoms in total. The molecule has 0 aliphatic heterocycles. The third-order valence-electron chi connectivity index (χ3n) is 3.01. The lowest BCUT2D eigenvalue weighted by Gasteiger charge is -2.06. The first-order valence-electron chi connectivity index (χ1n) is 5.38. The summed E-state index contributed by atoms with van der Waals surface area (Å²) in [5.41, 5.74) is 0.846. The van der Waals surface area contributed by atoms with Crippen LogP contribution in [0.1, 0.15) is 25.3 Å². The highest BCUT2D eigenvalue weighted by Crippen LogP contribution is 2.33. The maximum absolute atomic E-state index is 12.9. The van der Waals surface area contributed by atoms with Crippen LogP contribution in [0.4, 0.5) is 4.39 Å². The van der Waals surface area contributed by atoms with Gasteiger partial charge in [0.05, 0.1) is 0 Å². The first-order valence-corrected chi connectivity index (χ1v) is 5.75. The second kappa shape index (κ2) is 4.50. The van der Waals surface area contributed by atoms with Crippen molar-refractivity contribution in [2.75, 3.05) is 0 Å². The summed E-state index contributed by atoms with van der Waals surface area (Å²) < 4.78 is 12.9. The van der Waals surface area contributed by atoms with Crippen molar-refractivity contribution in [1.29, 1.82) is 0 Å². The Kier molecular flexibility index (Phi) is 3.27. The Morgan fingerprint density at radius 1 is 1.53 bits per heavy atom. The lowest BCUT2D eigenvalue weighted by Crippen LogP contribution is -2.17. The van der Waals surface area contributed by atoms with E-state index in [2.05, 4.69) is 12.2 Å². The first kappa shape index (κ1) is 10.9. The molecule has 2 rings (SSSR count). The Bertz CT molecular complexity index is 353. The second-order valence-corrected chi connectivity index (χ2v) is 4.53. The van der Waals surface area contributed by atoms with Crippen LogP contribution in [0, 0.1) is 11.7 Å². The molecule has 2 unspecified atom stereocenters. The van der Waals surface area contributed by atoms with Gasteiger partial charge in [-0.05, 0) is 36.1 Å². The first-order chi connectivity index (χ1) is 7.20. The molecule has 15 heavy (non-hydrogen) atoms. The zero-order valence-corrected chi connectivity index (χ0v) is 9.52. The van der Waals surface area contributed by atoms with Crippen LogP contribution >= 0.6 is 11.6 Å². The van der Waals surface area contributed by atoms with Crippen LogP contribution in [-0.2, 0) is 6.54 Å². The van der Waals surface area contributed by atoms with Gasteiger partial charge in [0.1, 0.15) is 5.82 Å². The van der Waals surface area contributed by atoms with Crippen LogP contribution in [0.15, 0.2) is 18.2 Å². The summed E-state index contributed by atoms with van der Waals surface area (Å²) in [6, 6.07) is 5.10. The Hall–Kier alpha value is -0.600. The van der Waals surface area contributed by atoms with Gasteiger partial charge < -0.3 is 5.32 Å². The van der Waals surface area contributed by atoms with Gasteiger partial charge in [0.2, 0.25) is 0 Å². The zero-order chi connectivity index (χ0) is 10.8. The fourth-order valence-corrected chi connectivity index (χ4v) is 2.05. The summed E-state index contributed by atoms with van der Waals surface area (Å²) >= 11 is 5.96. The predicted molar refractivity (Wildman–Crippen MR) is 60.4 cm³/mol. The van der Waals surface area contributed by atoms with Gasteiger partial charge in [-0.25, -0.2) is 4.39 Å². The smallest absolute Gasteiger partial charge is 0.123 e. The molecule has 2 atom stereocenters. The highest BCUT2D eigenvalue weighted by Gasteiger charge is 2.34. The summed E-state index contributed by atoms with van der Waals surface area (Å²) in [5.74, 6) is 0.580. The van der Waals surface area contributed by atoms with Crippen molar-refractivity contribution in [3.8, 4) is 0 Å². The van der Waals surface area contributed by atoms with Crippen LogP contribution in [-0.4, -0.2) is 6.04 Å². The minimum Gasteiger partial charge on any atom is -0.310 e. The summed E-state index contributed by atoms with van der Waals surface area (Å²) in [4.78, 5) is 0. The van der Waals surface area contributed by atoms with Gasteiger partial charge in [-0.3, -0.25) is 0 Å². The van der Waals surface area contributed by atoms with Crippen LogP contribution in [0.3, 0.4) is 0 Å². The molecular formula is C12H15ClFN. The van der Waals surface area contributed by atoms with E-state index in [1.165, 1.54) is 25.0 Å². The molecule has 1 aromatic carbocycles. The fraction of sp³-hybridized carbons (Fsp3) is 0.500. The lowest BCUT2D eigenvalue weighted by atomic mass is 10.2. The molecule has 1 saturated carbocycles. The standard InChI is InChI=1S/C12H15ClFN/c1-2-8-6-12(8)15-7-9-5-10(14)3-4-11(9)13/h3-5,8,12,15H,2,6-7H2,1H3. The molecule has 0 aromatic heterocycles. The van der Waals surface area contributed by atoms with Crippen molar-refractivity contribution in [1.82, 2.24) is 5.32 Å². The van der Waals surface area contributed by atoms with E-state index in [4.69, 9.17) is 11.6 Å². The van der Waals surface area contributed by atoms with Crippen molar-refractivity contribution in [3.63, 3.8) is 0 Å². The van der Waals surface area contributed by atoms with E-state index in [-0.39, 0.29) is 5.82 Å². The van der Waals surface area contributed by atoms with Gasteiger partial charge in [0, 0.05) is 17.6 Å². The van der Waals surface area contributed by atoms with Crippen LogP contribution < -0.4 is 5.32 Å². The number of benzene rings is 1. The molecule has 0 amide bonds. The van der Waals surface area contributed by atoms with E-state index >= 15 is 0 Å². The number of hydrogen-bond donors (Lipinski definition) is 1. The second-order valence-electron chi connectivity index (χ2n) is 4.13. The van der Waals surface area contributed by atoms with Crippen LogP contribution in [0.25, 0.3) is 0 Å². The van der Waals surface area contributed by atoms with Crippen molar-refractivity contribution < 1.29 is 4.39 Å². The van der Waals surface area contributed by atoms with Gasteiger partial charge >= 0.3 is 0 Å². The van der Waals surface area contributed by atoms with E-state index in [0.717, 1.165) is 11.5 Å². The van der Waals surface area contributed by atoms with Crippen molar-refractivity contribution in [2.45, 2.75) is 32.4 Å². The number of rotatable bonds is 4. The lowest BCUT2D eigenvalue weighted by molar-refractivity contribution is 0.607. The molecule has 0 radical (unpaired) electrons. The molecule has 1 N–H and O–H groups in total. The molecule has 1 aromatic rings. The third-order valence-corrected chi connectivity index (χ3v) is 3.38. The van der Waals surface area contributed by atoms with Crippen LogP contribution in [0.5, 0.6) is 0 Å². The summed E-state index contributed by atoms with van der Waals surface area (Å²) in [5, 5.41) is 4.03. The van der Waals surface area contributed by atoms with E-state index in [1.807, 2.05) is 0 Å². The van der Waals surface area contributed by atoms with E-state index in [0.29, 0.717) is 17.6 Å². The molecule has 1 aliphatic rings. The van der Waals surface area contributed by atoms with E-state index < -0.39 is 0 Å². The highest BCUT2D eigenvalue weighted by molar-refractivity contribution is 6.31. The van der Waals surface area contributed by atoms with Crippen LogP contribution in [0.2, 0.25) is 5.02 Å². The maximum Gasteiger partial charge on any atom is 0.123 e. The summed E-state index contributed by atoms with van der Waals surface area (Å²) in [6.45, 7) is 2.86. The Balaban J connectivity index is 1.91. The normalized spacial score (nSPS) is 24.2. The van der Waals surface area contributed by atoms with Gasteiger partial charge in [-0.2, -0.15) is 0 Å². The fourth-order valence-electron chi connectivity index (χ4n) is 1.87. The van der Waals surface area contributed by atoms with Gasteiger partial charge in [0.15, 0.2) is 0 Å². The molecule has 0 heterocycles. The van der Waals surface area contributed by atoms with E-state index in [1.54, 1.807) is 6.07 Å². The highest BCUT2D eigenvalue weighted by atomic mass is 35.5. The molecule has 0 spiro atoms. The zero-order valence-electron chi connectivity index (χ0n) is 8.76. The third kappa shape index (κ3) is 2.70. The molecule has 1 fully saturated rings. The average Bonchev–Trinajstić information content (AvgIpc) is 2.98. The molecule has 1 aliphatic carbocycles. The topological polar surface area (TPSA) is 12.0 Å². The minimum atomic E-state index is -0.223. The van der Waals surface area contributed by atoms with Gasteiger partial charge in [0.25, 0.3) is 0 Å². The molecule has 0 saturated heterocycles. The molecule has 3 heteroatoms.